The Morgan fingerprint density at radius 2 is 1.74 bits per heavy atom. The van der Waals surface area contributed by atoms with Gasteiger partial charge in [0.15, 0.2) is 0 Å². The zero-order valence-corrected chi connectivity index (χ0v) is 20.3. The number of nitrogens with zero attached hydrogens (tertiary/aromatic N) is 2. The van der Waals surface area contributed by atoms with Crippen molar-refractivity contribution in [3.05, 3.63) is 94.5 Å². The lowest BCUT2D eigenvalue weighted by Crippen LogP contribution is -2.45. The summed E-state index contributed by atoms with van der Waals surface area (Å²) in [5.41, 5.74) is 2.08. The van der Waals surface area contributed by atoms with E-state index in [2.05, 4.69) is 0 Å². The van der Waals surface area contributed by atoms with E-state index in [4.69, 9.17) is 16.7 Å². The molecule has 1 aliphatic rings. The maximum atomic E-state index is 13.6. The number of carbonyl (C=O) groups is 3. The van der Waals surface area contributed by atoms with E-state index in [0.717, 1.165) is 10.5 Å². The normalized spacial score (nSPS) is 16.0. The van der Waals surface area contributed by atoms with Crippen molar-refractivity contribution < 1.29 is 22.8 Å². The van der Waals surface area contributed by atoms with Gasteiger partial charge in [-0.1, -0.05) is 47.5 Å². The minimum absolute atomic E-state index is 0.0222. The maximum Gasteiger partial charge on any atom is 0.257 e. The van der Waals surface area contributed by atoms with Crippen molar-refractivity contribution in [1.29, 1.82) is 0 Å². The van der Waals surface area contributed by atoms with Gasteiger partial charge in [-0.2, -0.15) is 0 Å². The van der Waals surface area contributed by atoms with Crippen LogP contribution in [-0.2, 0) is 26.2 Å². The molecule has 35 heavy (non-hydrogen) atoms. The Labute approximate surface area is 208 Å². The van der Waals surface area contributed by atoms with E-state index < -0.39 is 33.8 Å². The summed E-state index contributed by atoms with van der Waals surface area (Å²) in [6.07, 6.45) is -0.224. The van der Waals surface area contributed by atoms with E-state index in [1.165, 1.54) is 29.2 Å². The highest BCUT2D eigenvalue weighted by Crippen LogP contribution is 2.29. The summed E-state index contributed by atoms with van der Waals surface area (Å²) in [6.45, 7) is 1.88. The van der Waals surface area contributed by atoms with E-state index in [0.29, 0.717) is 16.1 Å². The predicted molar refractivity (Wildman–Crippen MR) is 131 cm³/mol. The zero-order chi connectivity index (χ0) is 25.3. The molecule has 10 heteroatoms. The monoisotopic (exact) mass is 511 g/mol. The second kappa shape index (κ2) is 9.61. The summed E-state index contributed by atoms with van der Waals surface area (Å²) in [7, 11) is -3.93. The maximum absolute atomic E-state index is 13.6. The van der Waals surface area contributed by atoms with Crippen molar-refractivity contribution in [3.63, 3.8) is 0 Å². The van der Waals surface area contributed by atoms with Crippen LogP contribution in [0, 0.1) is 6.92 Å². The Hall–Kier alpha value is -3.53. The van der Waals surface area contributed by atoms with Gasteiger partial charge in [0.25, 0.3) is 11.8 Å². The van der Waals surface area contributed by atoms with Crippen LogP contribution >= 0.6 is 11.6 Å². The standard InChI is InChI=1S/C25H22ClN3O5S/c1-16-5-4-7-17(13-16)24(31)28(15-18-6-2-3-8-21(18)26)22-14-23(30)29(25(22)32)19-9-11-20(12-10-19)35(27,33)34/h2-13,22H,14-15H2,1H3,(H2,27,33,34). The Morgan fingerprint density at radius 1 is 1.06 bits per heavy atom. The van der Waals surface area contributed by atoms with Crippen LogP contribution in [0.5, 0.6) is 0 Å². The summed E-state index contributed by atoms with van der Waals surface area (Å²) in [5, 5.41) is 5.56. The number of primary sulfonamides is 1. The summed E-state index contributed by atoms with van der Waals surface area (Å²) in [4.78, 5) is 42.1. The van der Waals surface area contributed by atoms with Gasteiger partial charge in [-0.15, -0.1) is 0 Å². The van der Waals surface area contributed by atoms with Crippen LogP contribution in [-0.4, -0.2) is 37.1 Å². The smallest absolute Gasteiger partial charge is 0.257 e. The lowest BCUT2D eigenvalue weighted by atomic mass is 10.1. The Bertz CT molecular complexity index is 1420. The number of nitrogens with two attached hydrogens (primary N) is 1. The third-order valence-electron chi connectivity index (χ3n) is 5.75. The molecule has 3 aromatic rings. The molecule has 0 aromatic heterocycles. The number of imide groups is 1. The van der Waals surface area contributed by atoms with Crippen molar-refractivity contribution in [2.24, 2.45) is 5.14 Å². The van der Waals surface area contributed by atoms with Crippen molar-refractivity contribution in [1.82, 2.24) is 4.90 Å². The number of hydrogen-bond donors (Lipinski definition) is 1. The molecule has 2 N–H and O–H groups in total. The van der Waals surface area contributed by atoms with Gasteiger partial charge in [-0.05, 0) is 55.0 Å². The van der Waals surface area contributed by atoms with E-state index in [1.807, 2.05) is 13.0 Å². The van der Waals surface area contributed by atoms with Crippen LogP contribution < -0.4 is 10.0 Å². The number of carbonyl (C=O) groups excluding carboxylic acids is 3. The third kappa shape index (κ3) is 5.12. The average Bonchev–Trinajstić information content (AvgIpc) is 3.11. The number of sulfonamides is 1. The fourth-order valence-corrected chi connectivity index (χ4v) is 4.70. The molecule has 3 aromatic carbocycles. The van der Waals surface area contributed by atoms with Gasteiger partial charge in [-0.3, -0.25) is 14.4 Å². The molecule has 0 spiro atoms. The molecule has 1 atom stereocenters. The summed E-state index contributed by atoms with van der Waals surface area (Å²) in [6, 6.07) is 18.0. The molecule has 0 saturated carbocycles. The summed E-state index contributed by atoms with van der Waals surface area (Å²) >= 11 is 6.33. The first-order valence-electron chi connectivity index (χ1n) is 10.7. The van der Waals surface area contributed by atoms with Crippen molar-refractivity contribution >= 4 is 45.0 Å². The molecule has 180 valence electrons. The first-order chi connectivity index (χ1) is 16.6. The highest BCUT2D eigenvalue weighted by molar-refractivity contribution is 7.89. The topological polar surface area (TPSA) is 118 Å². The number of rotatable bonds is 6. The van der Waals surface area contributed by atoms with Gasteiger partial charge in [0.05, 0.1) is 17.0 Å². The van der Waals surface area contributed by atoms with Crippen molar-refractivity contribution in [3.8, 4) is 0 Å². The lowest BCUT2D eigenvalue weighted by molar-refractivity contribution is -0.122. The van der Waals surface area contributed by atoms with Gasteiger partial charge < -0.3 is 4.90 Å². The average molecular weight is 512 g/mol. The van der Waals surface area contributed by atoms with Crippen LogP contribution in [0.25, 0.3) is 0 Å². The van der Waals surface area contributed by atoms with Crippen LogP contribution in [0.3, 0.4) is 0 Å². The van der Waals surface area contributed by atoms with Crippen LogP contribution in [0.2, 0.25) is 5.02 Å². The molecular weight excluding hydrogens is 490 g/mol. The predicted octanol–water partition coefficient (Wildman–Crippen LogP) is 3.27. The highest BCUT2D eigenvalue weighted by Gasteiger charge is 2.44. The molecule has 1 aliphatic heterocycles. The lowest BCUT2D eigenvalue weighted by Gasteiger charge is -2.28. The third-order valence-corrected chi connectivity index (χ3v) is 7.04. The SMILES string of the molecule is Cc1cccc(C(=O)N(Cc2ccccc2Cl)C2CC(=O)N(c3ccc(S(N)(=O)=O)cc3)C2=O)c1. The molecule has 0 radical (unpaired) electrons. The largest absolute Gasteiger partial charge is 0.322 e. The Balaban J connectivity index is 1.70. The summed E-state index contributed by atoms with van der Waals surface area (Å²) in [5.74, 6) is -1.51. The number of anilines is 1. The molecule has 1 heterocycles. The molecule has 1 fully saturated rings. The molecular formula is C25H22ClN3O5S. The zero-order valence-electron chi connectivity index (χ0n) is 18.7. The number of benzene rings is 3. The van der Waals surface area contributed by atoms with Gasteiger partial charge >= 0.3 is 0 Å². The van der Waals surface area contributed by atoms with Gasteiger partial charge in [0.1, 0.15) is 6.04 Å². The van der Waals surface area contributed by atoms with Crippen LogP contribution in [0.1, 0.15) is 27.9 Å². The molecule has 8 nitrogen and oxygen atoms in total. The second-order valence-electron chi connectivity index (χ2n) is 8.22. The molecule has 1 unspecified atom stereocenters. The summed E-state index contributed by atoms with van der Waals surface area (Å²) < 4.78 is 23.1. The Kier molecular flexibility index (Phi) is 6.75. The van der Waals surface area contributed by atoms with Crippen LogP contribution in [0.4, 0.5) is 5.69 Å². The fourth-order valence-electron chi connectivity index (χ4n) is 3.99. The number of aryl methyl sites for hydroxylation is 1. The Morgan fingerprint density at radius 3 is 2.37 bits per heavy atom. The van der Waals surface area contributed by atoms with Gasteiger partial charge in [0.2, 0.25) is 15.9 Å². The minimum Gasteiger partial charge on any atom is -0.322 e. The first kappa shape index (κ1) is 24.6. The van der Waals surface area contributed by atoms with Crippen molar-refractivity contribution in [2.45, 2.75) is 30.8 Å². The molecule has 1 saturated heterocycles. The van der Waals surface area contributed by atoms with Crippen LogP contribution in [0.15, 0.2) is 77.7 Å². The molecule has 0 aliphatic carbocycles. The molecule has 3 amide bonds. The van der Waals surface area contributed by atoms with E-state index >= 15 is 0 Å². The minimum atomic E-state index is -3.93. The van der Waals surface area contributed by atoms with E-state index in [9.17, 15) is 22.8 Å². The van der Waals surface area contributed by atoms with Gasteiger partial charge in [0, 0.05) is 17.1 Å². The number of hydrogen-bond acceptors (Lipinski definition) is 5. The van der Waals surface area contributed by atoms with Crippen molar-refractivity contribution in [2.75, 3.05) is 4.90 Å². The number of amides is 3. The molecule has 0 bridgehead atoms. The van der Waals surface area contributed by atoms with E-state index in [1.54, 1.807) is 42.5 Å². The first-order valence-corrected chi connectivity index (χ1v) is 12.6. The van der Waals surface area contributed by atoms with Gasteiger partial charge in [-0.25, -0.2) is 18.5 Å². The second-order valence-corrected chi connectivity index (χ2v) is 10.2. The van der Waals surface area contributed by atoms with E-state index in [-0.39, 0.29) is 23.5 Å². The number of halogens is 1. The fraction of sp³-hybridized carbons (Fsp3) is 0.160. The molecule has 4 rings (SSSR count). The quantitative estimate of drug-likeness (QED) is 0.509. The highest BCUT2D eigenvalue weighted by atomic mass is 35.5.